The van der Waals surface area contributed by atoms with Crippen molar-refractivity contribution in [3.05, 3.63) is 34.2 Å². The monoisotopic (exact) mass is 175 g/mol. The van der Waals surface area contributed by atoms with Gasteiger partial charge in [0.15, 0.2) is 0 Å². The Hall–Kier alpha value is -1.24. The molecule has 0 heterocycles. The molecule has 1 aromatic rings. The van der Waals surface area contributed by atoms with E-state index in [1.165, 1.54) is 16.0 Å². The summed E-state index contributed by atoms with van der Waals surface area (Å²) in [7, 11) is 0. The van der Waals surface area contributed by atoms with E-state index in [1.54, 1.807) is 0 Å². The summed E-state index contributed by atoms with van der Waals surface area (Å²) in [5.41, 5.74) is 8.17. The number of aryl methyl sites for hydroxylation is 1. The number of benzene rings is 1. The van der Waals surface area contributed by atoms with Crippen molar-refractivity contribution in [2.24, 2.45) is 5.73 Å². The molecule has 2 N–H and O–H groups in total. The number of nitrogens with two attached hydrogens (primary N) is 1. The number of rotatable bonds is 1. The maximum Gasteiger partial charge on any atom is 0.0157 e. The molecule has 0 aliphatic rings. The van der Waals surface area contributed by atoms with Gasteiger partial charge in [0.2, 0.25) is 0 Å². The zero-order chi connectivity index (χ0) is 9.84. The van der Waals surface area contributed by atoms with Gasteiger partial charge in [0.1, 0.15) is 0 Å². The first kappa shape index (κ1) is 9.85. The fraction of sp³-hybridized carbons (Fsp3) is 0.333. The smallest absolute Gasteiger partial charge is 0.0157 e. The van der Waals surface area contributed by atoms with Gasteiger partial charge in [-0.1, -0.05) is 30.7 Å². The molecule has 1 aromatic carbocycles. The Kier molecular flexibility index (Phi) is 3.13. The molecule has 0 aliphatic carbocycles. The Morgan fingerprint density at radius 3 is 2.69 bits per heavy atom. The molecule has 1 heteroatoms. The van der Waals surface area contributed by atoms with E-state index >= 15 is 0 Å². The lowest BCUT2D eigenvalue weighted by Crippen LogP contribution is -2.29. The van der Waals surface area contributed by atoms with Crippen LogP contribution in [0.3, 0.4) is 0 Å². The molecular weight excluding hydrogens is 158 g/mol. The Morgan fingerprint density at radius 2 is 2.15 bits per heavy atom. The van der Waals surface area contributed by atoms with Crippen molar-refractivity contribution in [3.63, 3.8) is 0 Å². The van der Waals surface area contributed by atoms with Crippen LogP contribution < -0.4 is 16.2 Å². The Morgan fingerprint density at radius 1 is 1.46 bits per heavy atom. The largest absolute Gasteiger partial charge is 0.402 e. The zero-order valence-electron chi connectivity index (χ0n) is 8.59. The van der Waals surface area contributed by atoms with Crippen LogP contribution in [0.1, 0.15) is 25.8 Å². The van der Waals surface area contributed by atoms with Gasteiger partial charge in [-0.05, 0) is 31.6 Å². The standard InChI is InChI=1S/C12H17N/c1-4-10-7-6-9(3)8-11(10)12(13)5-2/h4,6-8H,5,13H2,1-3H3/b10-4-,12-11-. The summed E-state index contributed by atoms with van der Waals surface area (Å²) >= 11 is 0. The van der Waals surface area contributed by atoms with E-state index in [1.807, 2.05) is 6.92 Å². The minimum Gasteiger partial charge on any atom is -0.402 e. The van der Waals surface area contributed by atoms with Crippen LogP contribution in [0.15, 0.2) is 18.2 Å². The molecule has 0 fully saturated rings. The van der Waals surface area contributed by atoms with Gasteiger partial charge in [-0.15, -0.1) is 0 Å². The second-order valence-electron chi connectivity index (χ2n) is 3.26. The van der Waals surface area contributed by atoms with Gasteiger partial charge >= 0.3 is 0 Å². The molecule has 1 nitrogen and oxygen atoms in total. The Balaban J connectivity index is 3.60. The summed E-state index contributed by atoms with van der Waals surface area (Å²) in [6, 6.07) is 6.38. The molecule has 0 radical (unpaired) electrons. The van der Waals surface area contributed by atoms with Crippen LogP contribution in [-0.4, -0.2) is 0 Å². The lowest BCUT2D eigenvalue weighted by atomic mass is 10.1. The first-order valence-corrected chi connectivity index (χ1v) is 4.70. The zero-order valence-corrected chi connectivity index (χ0v) is 8.59. The number of hydrogen-bond donors (Lipinski definition) is 1. The average Bonchev–Trinajstić information content (AvgIpc) is 2.16. The fourth-order valence-corrected chi connectivity index (χ4v) is 1.39. The van der Waals surface area contributed by atoms with E-state index in [0.717, 1.165) is 12.1 Å². The maximum absolute atomic E-state index is 5.94. The summed E-state index contributed by atoms with van der Waals surface area (Å²) in [6.07, 6.45) is 3.00. The molecular formula is C12H17N. The molecule has 0 amide bonds. The van der Waals surface area contributed by atoms with Gasteiger partial charge in [0.25, 0.3) is 0 Å². The second kappa shape index (κ2) is 4.13. The molecule has 0 atom stereocenters. The predicted molar refractivity (Wildman–Crippen MR) is 58.5 cm³/mol. The van der Waals surface area contributed by atoms with Crippen LogP contribution >= 0.6 is 0 Å². The molecule has 0 saturated carbocycles. The van der Waals surface area contributed by atoms with E-state index in [0.29, 0.717) is 0 Å². The predicted octanol–water partition coefficient (Wildman–Crippen LogP) is 1.27. The first-order chi connectivity index (χ1) is 6.19. The summed E-state index contributed by atoms with van der Waals surface area (Å²) in [6.45, 7) is 6.21. The summed E-state index contributed by atoms with van der Waals surface area (Å²) < 4.78 is 0. The third-order valence-electron chi connectivity index (χ3n) is 2.25. The highest BCUT2D eigenvalue weighted by Gasteiger charge is 1.91. The van der Waals surface area contributed by atoms with Crippen LogP contribution in [0.5, 0.6) is 0 Å². The first-order valence-electron chi connectivity index (χ1n) is 4.70. The molecule has 0 saturated heterocycles. The van der Waals surface area contributed by atoms with Crippen molar-refractivity contribution in [1.82, 2.24) is 0 Å². The van der Waals surface area contributed by atoms with Crippen molar-refractivity contribution < 1.29 is 0 Å². The quantitative estimate of drug-likeness (QED) is 0.683. The van der Waals surface area contributed by atoms with Crippen molar-refractivity contribution in [1.29, 1.82) is 0 Å². The van der Waals surface area contributed by atoms with Crippen molar-refractivity contribution >= 4 is 11.8 Å². The van der Waals surface area contributed by atoms with E-state index in [4.69, 9.17) is 5.73 Å². The highest BCUT2D eigenvalue weighted by atomic mass is 14.6. The maximum atomic E-state index is 5.94. The summed E-state index contributed by atoms with van der Waals surface area (Å²) in [5.74, 6) is 0. The van der Waals surface area contributed by atoms with Crippen molar-refractivity contribution in [3.8, 4) is 0 Å². The van der Waals surface area contributed by atoms with Gasteiger partial charge in [-0.2, -0.15) is 0 Å². The van der Waals surface area contributed by atoms with Gasteiger partial charge < -0.3 is 5.73 Å². The highest BCUT2D eigenvalue weighted by molar-refractivity contribution is 5.43. The van der Waals surface area contributed by atoms with E-state index in [-0.39, 0.29) is 0 Å². The summed E-state index contributed by atoms with van der Waals surface area (Å²) in [4.78, 5) is 0. The molecule has 0 bridgehead atoms. The van der Waals surface area contributed by atoms with Crippen LogP contribution in [0.2, 0.25) is 0 Å². The molecule has 0 spiro atoms. The summed E-state index contributed by atoms with van der Waals surface area (Å²) in [5, 5.41) is 2.41. The van der Waals surface area contributed by atoms with Crippen LogP contribution in [0.25, 0.3) is 11.8 Å². The molecule has 0 unspecified atom stereocenters. The molecule has 0 aliphatic heterocycles. The molecule has 0 aromatic heterocycles. The Labute approximate surface area is 79.6 Å². The topological polar surface area (TPSA) is 26.0 Å². The van der Waals surface area contributed by atoms with E-state index < -0.39 is 0 Å². The normalized spacial score (nSPS) is 14.5. The Bertz CT molecular complexity index is 402. The van der Waals surface area contributed by atoms with Crippen LogP contribution in [0, 0.1) is 6.92 Å². The average molecular weight is 175 g/mol. The van der Waals surface area contributed by atoms with Gasteiger partial charge in [0.05, 0.1) is 0 Å². The van der Waals surface area contributed by atoms with E-state index in [2.05, 4.69) is 38.1 Å². The molecule has 70 valence electrons. The van der Waals surface area contributed by atoms with Gasteiger partial charge in [0, 0.05) is 10.9 Å². The van der Waals surface area contributed by atoms with Crippen LogP contribution in [-0.2, 0) is 0 Å². The lowest BCUT2D eigenvalue weighted by Gasteiger charge is -1.98. The third kappa shape index (κ3) is 2.11. The van der Waals surface area contributed by atoms with Crippen LogP contribution in [0.4, 0.5) is 0 Å². The SMILES string of the molecule is C/C=c1/ccc(C)c/c1=C(/N)CC. The van der Waals surface area contributed by atoms with Crippen molar-refractivity contribution in [2.75, 3.05) is 0 Å². The highest BCUT2D eigenvalue weighted by Crippen LogP contribution is 1.90. The van der Waals surface area contributed by atoms with Gasteiger partial charge in [-0.25, -0.2) is 0 Å². The van der Waals surface area contributed by atoms with Gasteiger partial charge in [-0.3, -0.25) is 0 Å². The van der Waals surface area contributed by atoms with E-state index in [9.17, 15) is 0 Å². The number of hydrogen-bond acceptors (Lipinski definition) is 1. The third-order valence-corrected chi connectivity index (χ3v) is 2.25. The molecule has 1 rings (SSSR count). The lowest BCUT2D eigenvalue weighted by molar-refractivity contribution is 1.17. The second-order valence-corrected chi connectivity index (χ2v) is 3.26. The minimum absolute atomic E-state index is 0.907. The molecule has 13 heavy (non-hydrogen) atoms. The minimum atomic E-state index is 0.907. The fourth-order valence-electron chi connectivity index (χ4n) is 1.39. The van der Waals surface area contributed by atoms with Crippen molar-refractivity contribution in [2.45, 2.75) is 27.2 Å².